The molecule has 2 aromatic carbocycles. The molecule has 3 rings (SSSR count). The average Bonchev–Trinajstić information content (AvgIpc) is 2.68. The summed E-state index contributed by atoms with van der Waals surface area (Å²) in [5, 5.41) is 9.80. The molecule has 0 aliphatic carbocycles. The molecular formula is C19H14FN3OS2. The smallest absolute Gasteiger partial charge is 0.267 e. The van der Waals surface area contributed by atoms with E-state index in [1.807, 2.05) is 36.6 Å². The van der Waals surface area contributed by atoms with Crippen molar-refractivity contribution in [3.05, 3.63) is 70.3 Å². The van der Waals surface area contributed by atoms with E-state index in [0.717, 1.165) is 10.5 Å². The van der Waals surface area contributed by atoms with Gasteiger partial charge in [0.15, 0.2) is 0 Å². The molecule has 7 heteroatoms. The minimum atomic E-state index is -0.468. The van der Waals surface area contributed by atoms with Crippen molar-refractivity contribution in [2.75, 3.05) is 12.5 Å². The van der Waals surface area contributed by atoms with Crippen LogP contribution in [0.5, 0.6) is 0 Å². The molecule has 0 N–H and O–H groups in total. The van der Waals surface area contributed by atoms with Gasteiger partial charge in [-0.1, -0.05) is 18.2 Å². The Morgan fingerprint density at radius 3 is 2.38 bits per heavy atom. The molecule has 1 heterocycles. The van der Waals surface area contributed by atoms with E-state index in [9.17, 15) is 14.4 Å². The number of rotatable bonds is 4. The van der Waals surface area contributed by atoms with Crippen LogP contribution in [0.1, 0.15) is 5.56 Å². The molecule has 0 bridgehead atoms. The second-order valence-electron chi connectivity index (χ2n) is 5.25. The van der Waals surface area contributed by atoms with Crippen molar-refractivity contribution in [2.24, 2.45) is 0 Å². The van der Waals surface area contributed by atoms with Gasteiger partial charge >= 0.3 is 0 Å². The van der Waals surface area contributed by atoms with Gasteiger partial charge in [-0.3, -0.25) is 9.36 Å². The molecular weight excluding hydrogens is 369 g/mol. The molecule has 0 amide bonds. The third-order valence-corrected chi connectivity index (χ3v) is 5.27. The van der Waals surface area contributed by atoms with E-state index in [1.54, 1.807) is 6.26 Å². The summed E-state index contributed by atoms with van der Waals surface area (Å²) in [7, 11) is 0. The summed E-state index contributed by atoms with van der Waals surface area (Å²) in [5.74, 6) is 0.0250. The van der Waals surface area contributed by atoms with Crippen LogP contribution in [0, 0.1) is 17.1 Å². The maximum absolute atomic E-state index is 13.3. The fraction of sp³-hybridized carbons (Fsp3) is 0.105. The van der Waals surface area contributed by atoms with Crippen molar-refractivity contribution in [3.8, 4) is 23.1 Å². The first-order valence-electron chi connectivity index (χ1n) is 7.61. The lowest BCUT2D eigenvalue weighted by Gasteiger charge is -2.16. The highest BCUT2D eigenvalue weighted by Gasteiger charge is 2.20. The predicted molar refractivity (Wildman–Crippen MR) is 104 cm³/mol. The summed E-state index contributed by atoms with van der Waals surface area (Å²) in [6, 6.07) is 15.1. The lowest BCUT2D eigenvalue weighted by Crippen LogP contribution is -2.25. The highest BCUT2D eigenvalue weighted by Crippen LogP contribution is 2.31. The zero-order chi connectivity index (χ0) is 18.7. The Balaban J connectivity index is 2.43. The third-order valence-electron chi connectivity index (χ3n) is 3.79. The van der Waals surface area contributed by atoms with Gasteiger partial charge in [-0.25, -0.2) is 9.37 Å². The van der Waals surface area contributed by atoms with Gasteiger partial charge in [-0.05, 0) is 42.8 Å². The monoisotopic (exact) mass is 383 g/mol. The Hall–Kier alpha value is -2.56. The van der Waals surface area contributed by atoms with Gasteiger partial charge in [-0.15, -0.1) is 23.5 Å². The van der Waals surface area contributed by atoms with Crippen LogP contribution in [0.15, 0.2) is 63.2 Å². The fourth-order valence-corrected chi connectivity index (χ4v) is 3.69. The van der Waals surface area contributed by atoms with E-state index in [2.05, 4.69) is 4.98 Å². The van der Waals surface area contributed by atoms with Crippen LogP contribution < -0.4 is 5.56 Å². The first-order chi connectivity index (χ1) is 12.6. The second-order valence-corrected chi connectivity index (χ2v) is 6.89. The summed E-state index contributed by atoms with van der Waals surface area (Å²) < 4.78 is 14.7. The highest BCUT2D eigenvalue weighted by atomic mass is 32.2. The quantitative estimate of drug-likeness (QED) is 0.495. The minimum absolute atomic E-state index is 0.0211. The van der Waals surface area contributed by atoms with Crippen molar-refractivity contribution >= 4 is 23.5 Å². The number of hydrogen-bond acceptors (Lipinski definition) is 5. The molecule has 0 unspecified atom stereocenters. The zero-order valence-corrected chi connectivity index (χ0v) is 15.7. The molecule has 0 fully saturated rings. The van der Waals surface area contributed by atoms with Crippen molar-refractivity contribution < 1.29 is 4.39 Å². The van der Waals surface area contributed by atoms with Crippen LogP contribution in [0.4, 0.5) is 4.39 Å². The number of halogens is 1. The van der Waals surface area contributed by atoms with Crippen molar-refractivity contribution in [1.29, 1.82) is 5.26 Å². The number of nitrogens with zero attached hydrogens (tertiary/aromatic N) is 3. The summed E-state index contributed by atoms with van der Waals surface area (Å²) >= 11 is 2.79. The van der Waals surface area contributed by atoms with Crippen molar-refractivity contribution in [2.45, 2.75) is 9.92 Å². The third kappa shape index (κ3) is 3.26. The molecule has 0 radical (unpaired) electrons. The predicted octanol–water partition coefficient (Wildman–Crippen LogP) is 4.35. The molecule has 130 valence electrons. The van der Waals surface area contributed by atoms with Crippen LogP contribution in [0.3, 0.4) is 0 Å². The number of thioether (sulfide) groups is 2. The van der Waals surface area contributed by atoms with Crippen LogP contribution in [-0.4, -0.2) is 22.1 Å². The number of nitriles is 1. The van der Waals surface area contributed by atoms with Gasteiger partial charge in [0.25, 0.3) is 5.56 Å². The SMILES string of the molecule is CSc1ccccc1-c1nc(SC)c(C#N)c(=O)n1-c1ccc(F)cc1. The first kappa shape index (κ1) is 18.2. The van der Waals surface area contributed by atoms with Crippen molar-refractivity contribution in [1.82, 2.24) is 9.55 Å². The summed E-state index contributed by atoms with van der Waals surface area (Å²) in [4.78, 5) is 18.6. The van der Waals surface area contributed by atoms with Gasteiger partial charge < -0.3 is 0 Å². The number of hydrogen-bond donors (Lipinski definition) is 0. The Kier molecular flexibility index (Phi) is 5.45. The van der Waals surface area contributed by atoms with Crippen LogP contribution in [-0.2, 0) is 0 Å². The van der Waals surface area contributed by atoms with E-state index in [-0.39, 0.29) is 5.56 Å². The molecule has 0 saturated heterocycles. The zero-order valence-electron chi connectivity index (χ0n) is 14.1. The number of aromatic nitrogens is 2. The van der Waals surface area contributed by atoms with Gasteiger partial charge in [0, 0.05) is 10.5 Å². The molecule has 0 aliphatic rings. The Labute approximate surface area is 158 Å². The van der Waals surface area contributed by atoms with Gasteiger partial charge in [-0.2, -0.15) is 5.26 Å². The topological polar surface area (TPSA) is 58.7 Å². The van der Waals surface area contributed by atoms with E-state index >= 15 is 0 Å². The van der Waals surface area contributed by atoms with Crippen LogP contribution >= 0.6 is 23.5 Å². The van der Waals surface area contributed by atoms with Crippen molar-refractivity contribution in [3.63, 3.8) is 0 Å². The van der Waals surface area contributed by atoms with E-state index in [1.165, 1.54) is 52.4 Å². The first-order valence-corrected chi connectivity index (χ1v) is 10.1. The van der Waals surface area contributed by atoms with E-state index in [4.69, 9.17) is 0 Å². The molecule has 26 heavy (non-hydrogen) atoms. The van der Waals surface area contributed by atoms with Crippen LogP contribution in [0.25, 0.3) is 17.1 Å². The molecule has 0 aliphatic heterocycles. The van der Waals surface area contributed by atoms with Gasteiger partial charge in [0.05, 0.1) is 5.69 Å². The molecule has 1 aromatic heterocycles. The molecule has 0 spiro atoms. The van der Waals surface area contributed by atoms with E-state index in [0.29, 0.717) is 16.5 Å². The van der Waals surface area contributed by atoms with Gasteiger partial charge in [0.2, 0.25) is 0 Å². The lowest BCUT2D eigenvalue weighted by molar-refractivity contribution is 0.627. The Morgan fingerprint density at radius 2 is 1.77 bits per heavy atom. The highest BCUT2D eigenvalue weighted by molar-refractivity contribution is 7.99. The maximum atomic E-state index is 13.3. The Bertz CT molecular complexity index is 1060. The summed E-state index contributed by atoms with van der Waals surface area (Å²) in [6.45, 7) is 0. The van der Waals surface area contributed by atoms with E-state index < -0.39 is 11.4 Å². The molecule has 4 nitrogen and oxygen atoms in total. The summed E-state index contributed by atoms with van der Waals surface area (Å²) in [6.07, 6.45) is 3.72. The normalized spacial score (nSPS) is 10.5. The van der Waals surface area contributed by atoms with Gasteiger partial charge in [0.1, 0.15) is 28.3 Å². The molecule has 0 saturated carbocycles. The molecule has 0 atom stereocenters. The lowest BCUT2D eigenvalue weighted by atomic mass is 10.2. The number of benzene rings is 2. The largest absolute Gasteiger partial charge is 0.277 e. The average molecular weight is 383 g/mol. The minimum Gasteiger partial charge on any atom is -0.267 e. The Morgan fingerprint density at radius 1 is 1.08 bits per heavy atom. The van der Waals surface area contributed by atoms with Crippen LogP contribution in [0.2, 0.25) is 0 Å². The second kappa shape index (κ2) is 7.77. The molecule has 3 aromatic rings. The standard InChI is InChI=1S/C19H14FN3OS2/c1-25-16-6-4-3-5-14(16)17-22-18(26-2)15(11-21)19(24)23(17)13-9-7-12(20)8-10-13/h3-10H,1-2H3. The maximum Gasteiger partial charge on any atom is 0.277 e. The summed E-state index contributed by atoms with van der Waals surface area (Å²) in [5.41, 5.74) is 0.747. The fourth-order valence-electron chi connectivity index (χ4n) is 2.58.